The van der Waals surface area contributed by atoms with Gasteiger partial charge in [0.05, 0.1) is 13.2 Å². The van der Waals surface area contributed by atoms with Gasteiger partial charge in [-0.15, -0.1) is 0 Å². The number of carboxylic acids is 1. The van der Waals surface area contributed by atoms with Crippen LogP contribution in [0.1, 0.15) is 37.7 Å². The number of piperidine rings is 1. The smallest absolute Gasteiger partial charge is 0.490 e. The van der Waals surface area contributed by atoms with Gasteiger partial charge in [-0.05, 0) is 62.1 Å². The Morgan fingerprint density at radius 3 is 2.30 bits per heavy atom. The number of rotatable bonds is 7. The second-order valence-electron chi connectivity index (χ2n) is 9.06. The molecule has 4 rings (SSSR count). The zero-order chi connectivity index (χ0) is 23.8. The van der Waals surface area contributed by atoms with Crippen molar-refractivity contribution in [1.82, 2.24) is 4.90 Å². The molecule has 2 atom stereocenters. The van der Waals surface area contributed by atoms with E-state index in [2.05, 4.69) is 29.2 Å². The number of benzene rings is 1. The molecule has 1 N–H and O–H groups in total. The van der Waals surface area contributed by atoms with Crippen LogP contribution >= 0.6 is 0 Å². The van der Waals surface area contributed by atoms with E-state index in [1.807, 2.05) is 0 Å². The van der Waals surface area contributed by atoms with E-state index in [1.54, 1.807) is 7.11 Å². The molecule has 1 aromatic rings. The van der Waals surface area contributed by atoms with Crippen LogP contribution in [-0.4, -0.2) is 74.3 Å². The van der Waals surface area contributed by atoms with Crippen molar-refractivity contribution in [1.29, 1.82) is 0 Å². The summed E-state index contributed by atoms with van der Waals surface area (Å²) < 4.78 is 49.0. The lowest BCUT2D eigenvalue weighted by molar-refractivity contribution is -0.192. The van der Waals surface area contributed by atoms with Crippen molar-refractivity contribution >= 4 is 5.97 Å². The molecule has 1 saturated carbocycles. The molecular formula is C24H34F3NO5. The maximum Gasteiger partial charge on any atom is 0.490 e. The fourth-order valence-electron chi connectivity index (χ4n) is 4.44. The summed E-state index contributed by atoms with van der Waals surface area (Å²) in [5.41, 5.74) is 1.39. The van der Waals surface area contributed by atoms with Gasteiger partial charge in [-0.1, -0.05) is 12.1 Å². The number of halogens is 3. The Hall–Kier alpha value is -1.84. The number of likely N-dealkylation sites (tertiary alicyclic amines) is 1. The molecule has 186 valence electrons. The molecule has 2 aliphatic heterocycles. The summed E-state index contributed by atoms with van der Waals surface area (Å²) in [5.74, 6) is -0.404. The van der Waals surface area contributed by atoms with Gasteiger partial charge in [-0.2, -0.15) is 13.2 Å². The molecule has 0 aromatic heterocycles. The fraction of sp³-hybridized carbons (Fsp3) is 0.708. The second kappa shape index (κ2) is 12.0. The van der Waals surface area contributed by atoms with Crippen molar-refractivity contribution < 1.29 is 37.3 Å². The zero-order valence-electron chi connectivity index (χ0n) is 19.1. The van der Waals surface area contributed by atoms with Gasteiger partial charge in [0.2, 0.25) is 0 Å². The summed E-state index contributed by atoms with van der Waals surface area (Å²) in [6.45, 7) is 5.16. The van der Waals surface area contributed by atoms with E-state index < -0.39 is 12.1 Å². The average molecular weight is 474 g/mol. The summed E-state index contributed by atoms with van der Waals surface area (Å²) in [5, 5.41) is 7.12. The Kier molecular flexibility index (Phi) is 9.40. The Balaban J connectivity index is 0.000000383. The normalized spacial score (nSPS) is 24.6. The number of hydrogen-bond donors (Lipinski definition) is 1. The van der Waals surface area contributed by atoms with Crippen LogP contribution in [0.2, 0.25) is 0 Å². The van der Waals surface area contributed by atoms with Crippen molar-refractivity contribution in [2.75, 3.05) is 40.0 Å². The van der Waals surface area contributed by atoms with Crippen molar-refractivity contribution in [3.8, 4) is 5.75 Å². The highest BCUT2D eigenvalue weighted by Gasteiger charge is 2.38. The topological polar surface area (TPSA) is 68.2 Å². The Morgan fingerprint density at radius 1 is 1.12 bits per heavy atom. The molecule has 33 heavy (non-hydrogen) atoms. The molecule has 0 bridgehead atoms. The van der Waals surface area contributed by atoms with Gasteiger partial charge >= 0.3 is 12.1 Å². The lowest BCUT2D eigenvalue weighted by Crippen LogP contribution is -2.50. The molecule has 0 radical (unpaired) electrons. The summed E-state index contributed by atoms with van der Waals surface area (Å²) in [7, 11) is 1.73. The monoisotopic (exact) mass is 473 g/mol. The number of carboxylic acid groups (broad SMARTS) is 1. The highest BCUT2D eigenvalue weighted by molar-refractivity contribution is 5.73. The van der Waals surface area contributed by atoms with Crippen molar-refractivity contribution in [2.45, 2.75) is 56.8 Å². The van der Waals surface area contributed by atoms with E-state index in [0.29, 0.717) is 18.1 Å². The van der Waals surface area contributed by atoms with Crippen LogP contribution in [0.3, 0.4) is 0 Å². The summed E-state index contributed by atoms with van der Waals surface area (Å²) >= 11 is 0. The minimum atomic E-state index is -5.08. The molecule has 6 nitrogen and oxygen atoms in total. The second-order valence-corrected chi connectivity index (χ2v) is 9.06. The van der Waals surface area contributed by atoms with E-state index in [0.717, 1.165) is 44.5 Å². The van der Waals surface area contributed by atoms with Gasteiger partial charge in [-0.25, -0.2) is 4.79 Å². The predicted molar refractivity (Wildman–Crippen MR) is 116 cm³/mol. The first-order chi connectivity index (χ1) is 15.8. The molecule has 3 fully saturated rings. The third-order valence-corrected chi connectivity index (χ3v) is 6.55. The maximum atomic E-state index is 10.6. The Bertz CT molecular complexity index is 733. The summed E-state index contributed by atoms with van der Waals surface area (Å²) in [4.78, 5) is 11.6. The van der Waals surface area contributed by atoms with E-state index in [1.165, 1.54) is 44.2 Å². The predicted octanol–water partition coefficient (Wildman–Crippen LogP) is 4.17. The number of alkyl halides is 3. The molecule has 0 unspecified atom stereocenters. The summed E-state index contributed by atoms with van der Waals surface area (Å²) in [6.07, 6.45) is 2.69. The van der Waals surface area contributed by atoms with E-state index >= 15 is 0 Å². The number of hydrogen-bond acceptors (Lipinski definition) is 5. The van der Waals surface area contributed by atoms with Gasteiger partial charge < -0.3 is 19.3 Å². The van der Waals surface area contributed by atoms with Crippen LogP contribution in [0.5, 0.6) is 5.75 Å². The van der Waals surface area contributed by atoms with Crippen molar-refractivity contribution in [3.63, 3.8) is 0 Å². The number of aliphatic carboxylic acids is 1. The standard InChI is InChI=1S/C22H33NO3.C2HF3O2/c1-24-21-6-4-17(5-7-21)14-19-15-23(20-9-12-25-13-10-20)11-8-22(19)26-16-18-2-3-18;3-2(4,5)1(6)7/h4-7,18-20,22H,2-3,8-16H2,1H3;(H,6,7)/t19-,22-;/m0./s1. The largest absolute Gasteiger partial charge is 0.497 e. The summed E-state index contributed by atoms with van der Waals surface area (Å²) in [6, 6.07) is 9.28. The quantitative estimate of drug-likeness (QED) is 0.641. The van der Waals surface area contributed by atoms with E-state index in [9.17, 15) is 13.2 Å². The van der Waals surface area contributed by atoms with Crippen LogP contribution in [0.4, 0.5) is 13.2 Å². The minimum absolute atomic E-state index is 0.411. The van der Waals surface area contributed by atoms with Gasteiger partial charge in [0.1, 0.15) is 5.75 Å². The molecule has 3 aliphatic rings. The van der Waals surface area contributed by atoms with Gasteiger partial charge in [-0.3, -0.25) is 4.90 Å². The molecule has 1 aliphatic carbocycles. The SMILES string of the molecule is COc1ccc(C[C@H]2CN(C3CCOCC3)CC[C@@H]2OCC2CC2)cc1.O=C(O)C(F)(F)F. The highest BCUT2D eigenvalue weighted by Crippen LogP contribution is 2.33. The average Bonchev–Trinajstić information content (AvgIpc) is 3.64. The van der Waals surface area contributed by atoms with Crippen LogP contribution in [0, 0.1) is 11.8 Å². The third-order valence-electron chi connectivity index (χ3n) is 6.55. The fourth-order valence-corrected chi connectivity index (χ4v) is 4.44. The maximum absolute atomic E-state index is 10.6. The number of methoxy groups -OCH3 is 1. The van der Waals surface area contributed by atoms with Crippen LogP contribution in [-0.2, 0) is 20.7 Å². The Labute approximate surface area is 193 Å². The Morgan fingerprint density at radius 2 is 1.76 bits per heavy atom. The molecule has 0 amide bonds. The first-order valence-corrected chi connectivity index (χ1v) is 11.6. The first-order valence-electron chi connectivity index (χ1n) is 11.6. The van der Waals surface area contributed by atoms with Crippen molar-refractivity contribution in [3.05, 3.63) is 29.8 Å². The van der Waals surface area contributed by atoms with Crippen LogP contribution < -0.4 is 4.74 Å². The van der Waals surface area contributed by atoms with Crippen molar-refractivity contribution in [2.24, 2.45) is 11.8 Å². The molecule has 9 heteroatoms. The zero-order valence-corrected chi connectivity index (χ0v) is 19.1. The molecule has 0 spiro atoms. The van der Waals surface area contributed by atoms with Gasteiger partial charge in [0, 0.05) is 44.9 Å². The first kappa shape index (κ1) is 25.8. The van der Waals surface area contributed by atoms with E-state index in [-0.39, 0.29) is 0 Å². The molecular weight excluding hydrogens is 439 g/mol. The highest BCUT2D eigenvalue weighted by atomic mass is 19.4. The minimum Gasteiger partial charge on any atom is -0.497 e. The van der Waals surface area contributed by atoms with Gasteiger partial charge in [0.25, 0.3) is 0 Å². The third kappa shape index (κ3) is 8.46. The lowest BCUT2D eigenvalue weighted by Gasteiger charge is -2.43. The van der Waals surface area contributed by atoms with E-state index in [4.69, 9.17) is 24.1 Å². The van der Waals surface area contributed by atoms with Gasteiger partial charge in [0.15, 0.2) is 0 Å². The molecule has 2 heterocycles. The number of ether oxygens (including phenoxy) is 3. The molecule has 2 saturated heterocycles. The van der Waals surface area contributed by atoms with Crippen LogP contribution in [0.25, 0.3) is 0 Å². The lowest BCUT2D eigenvalue weighted by atomic mass is 9.87. The number of carbonyl (C=O) groups is 1. The molecule has 1 aromatic carbocycles. The number of nitrogens with zero attached hydrogens (tertiary/aromatic N) is 1. The van der Waals surface area contributed by atoms with Crippen LogP contribution in [0.15, 0.2) is 24.3 Å².